The van der Waals surface area contributed by atoms with Crippen LogP contribution < -0.4 is 5.32 Å². The molecule has 2 nitrogen and oxygen atoms in total. The van der Waals surface area contributed by atoms with Crippen LogP contribution in [0, 0.1) is 0 Å². The third-order valence-electron chi connectivity index (χ3n) is 3.15. The minimum absolute atomic E-state index is 0.793. The van der Waals surface area contributed by atoms with Gasteiger partial charge >= 0.3 is 0 Å². The van der Waals surface area contributed by atoms with Crippen molar-refractivity contribution in [2.45, 2.75) is 32.2 Å². The molecule has 1 aliphatic carbocycles. The number of hydrogen-bond acceptors (Lipinski definition) is 2. The van der Waals surface area contributed by atoms with Crippen LogP contribution in [-0.2, 0) is 0 Å². The van der Waals surface area contributed by atoms with E-state index in [1.54, 1.807) is 0 Å². The maximum absolute atomic E-state index is 5.85. The number of hydrogen-bond donors (Lipinski definition) is 1. The van der Waals surface area contributed by atoms with Gasteiger partial charge < -0.3 is 5.32 Å². The van der Waals surface area contributed by atoms with Gasteiger partial charge in [0.15, 0.2) is 0 Å². The fourth-order valence-electron chi connectivity index (χ4n) is 2.12. The van der Waals surface area contributed by atoms with Crippen LogP contribution in [-0.4, -0.2) is 30.6 Å². The highest BCUT2D eigenvalue weighted by molar-refractivity contribution is 6.30. The topological polar surface area (TPSA) is 15.3 Å². The number of nitrogens with zero attached hydrogens (tertiary/aromatic N) is 1. The van der Waals surface area contributed by atoms with Crippen molar-refractivity contribution in [2.75, 3.05) is 25.0 Å². The zero-order chi connectivity index (χ0) is 12.1. The number of benzene rings is 1. The molecule has 0 atom stereocenters. The van der Waals surface area contributed by atoms with Crippen molar-refractivity contribution in [2.24, 2.45) is 0 Å². The lowest BCUT2D eigenvalue weighted by molar-refractivity contribution is 0.274. The van der Waals surface area contributed by atoms with Gasteiger partial charge in [-0.05, 0) is 50.1 Å². The van der Waals surface area contributed by atoms with E-state index in [-0.39, 0.29) is 0 Å². The maximum atomic E-state index is 5.85. The fraction of sp³-hybridized carbons (Fsp3) is 0.571. The lowest BCUT2D eigenvalue weighted by atomic mass is 10.3. The van der Waals surface area contributed by atoms with Gasteiger partial charge in [-0.25, -0.2) is 0 Å². The predicted molar refractivity (Wildman–Crippen MR) is 74.8 cm³/mol. The van der Waals surface area contributed by atoms with Crippen molar-refractivity contribution in [1.82, 2.24) is 4.90 Å². The van der Waals surface area contributed by atoms with Gasteiger partial charge in [-0.1, -0.05) is 18.5 Å². The Kier molecular flexibility index (Phi) is 4.69. The van der Waals surface area contributed by atoms with E-state index >= 15 is 0 Å². The summed E-state index contributed by atoms with van der Waals surface area (Å²) in [6, 6.07) is 8.78. The van der Waals surface area contributed by atoms with E-state index in [1.807, 2.05) is 24.3 Å². The van der Waals surface area contributed by atoms with E-state index in [1.165, 1.54) is 25.8 Å². The SMILES string of the molecule is CCCN(CCNc1ccc(Cl)cc1)C1CC1. The molecule has 0 amide bonds. The molecule has 0 aromatic heterocycles. The van der Waals surface area contributed by atoms with E-state index in [0.29, 0.717) is 0 Å². The summed E-state index contributed by atoms with van der Waals surface area (Å²) in [5.41, 5.74) is 1.15. The summed E-state index contributed by atoms with van der Waals surface area (Å²) in [5.74, 6) is 0. The lowest BCUT2D eigenvalue weighted by Crippen LogP contribution is -2.31. The molecule has 1 N–H and O–H groups in total. The van der Waals surface area contributed by atoms with Crippen molar-refractivity contribution < 1.29 is 0 Å². The van der Waals surface area contributed by atoms with E-state index in [9.17, 15) is 0 Å². The molecule has 94 valence electrons. The first-order chi connectivity index (χ1) is 8.29. The van der Waals surface area contributed by atoms with Gasteiger partial charge in [-0.2, -0.15) is 0 Å². The highest BCUT2D eigenvalue weighted by Gasteiger charge is 2.27. The number of rotatable bonds is 7. The standard InChI is InChI=1S/C14H21ClN2/c1-2-10-17(14-7-8-14)11-9-16-13-5-3-12(15)4-6-13/h3-6,14,16H,2,7-11H2,1H3. The van der Waals surface area contributed by atoms with Gasteiger partial charge in [0.2, 0.25) is 0 Å². The Morgan fingerprint density at radius 2 is 1.94 bits per heavy atom. The molecule has 0 aliphatic heterocycles. The lowest BCUT2D eigenvalue weighted by Gasteiger charge is -2.21. The second kappa shape index (κ2) is 6.27. The quantitative estimate of drug-likeness (QED) is 0.797. The fourth-order valence-corrected chi connectivity index (χ4v) is 2.24. The Hall–Kier alpha value is -0.730. The Labute approximate surface area is 109 Å². The van der Waals surface area contributed by atoms with Crippen LogP contribution in [0.15, 0.2) is 24.3 Å². The van der Waals surface area contributed by atoms with Crippen LogP contribution in [0.3, 0.4) is 0 Å². The molecule has 0 radical (unpaired) electrons. The molecular formula is C14H21ClN2. The van der Waals surface area contributed by atoms with Crippen molar-refractivity contribution in [3.05, 3.63) is 29.3 Å². The summed E-state index contributed by atoms with van der Waals surface area (Å²) in [6.45, 7) is 5.63. The molecule has 3 heteroatoms. The monoisotopic (exact) mass is 252 g/mol. The van der Waals surface area contributed by atoms with Gasteiger partial charge in [0.05, 0.1) is 0 Å². The third-order valence-corrected chi connectivity index (χ3v) is 3.40. The highest BCUT2D eigenvalue weighted by Crippen LogP contribution is 2.26. The van der Waals surface area contributed by atoms with Crippen LogP contribution in [0.2, 0.25) is 5.02 Å². The molecule has 0 saturated heterocycles. The zero-order valence-electron chi connectivity index (χ0n) is 10.5. The van der Waals surface area contributed by atoms with Gasteiger partial charge in [0, 0.05) is 29.8 Å². The minimum atomic E-state index is 0.793. The van der Waals surface area contributed by atoms with Crippen molar-refractivity contribution >= 4 is 17.3 Å². The van der Waals surface area contributed by atoms with Crippen LogP contribution >= 0.6 is 11.6 Å². The highest BCUT2D eigenvalue weighted by atomic mass is 35.5. The Bertz CT molecular complexity index is 333. The smallest absolute Gasteiger partial charge is 0.0407 e. The van der Waals surface area contributed by atoms with Crippen LogP contribution in [0.4, 0.5) is 5.69 Å². The minimum Gasteiger partial charge on any atom is -0.384 e. The van der Waals surface area contributed by atoms with E-state index in [0.717, 1.165) is 29.8 Å². The number of nitrogens with one attached hydrogen (secondary N) is 1. The van der Waals surface area contributed by atoms with E-state index < -0.39 is 0 Å². The largest absolute Gasteiger partial charge is 0.384 e. The Morgan fingerprint density at radius 1 is 1.24 bits per heavy atom. The number of anilines is 1. The molecule has 0 spiro atoms. The van der Waals surface area contributed by atoms with Gasteiger partial charge in [-0.15, -0.1) is 0 Å². The van der Waals surface area contributed by atoms with Crippen molar-refractivity contribution in [3.8, 4) is 0 Å². The molecule has 1 aromatic rings. The van der Waals surface area contributed by atoms with E-state index in [4.69, 9.17) is 11.6 Å². The molecule has 0 unspecified atom stereocenters. The molecule has 1 saturated carbocycles. The average Bonchev–Trinajstić information content (AvgIpc) is 3.15. The summed E-state index contributed by atoms with van der Waals surface area (Å²) in [5, 5.41) is 4.24. The molecule has 0 heterocycles. The van der Waals surface area contributed by atoms with Gasteiger partial charge in [0.1, 0.15) is 0 Å². The zero-order valence-corrected chi connectivity index (χ0v) is 11.2. The molecule has 1 aliphatic rings. The normalized spacial score (nSPS) is 15.2. The average molecular weight is 253 g/mol. The van der Waals surface area contributed by atoms with Gasteiger partial charge in [-0.3, -0.25) is 4.90 Å². The molecule has 17 heavy (non-hydrogen) atoms. The van der Waals surface area contributed by atoms with Crippen molar-refractivity contribution in [1.29, 1.82) is 0 Å². The predicted octanol–water partition coefficient (Wildman–Crippen LogP) is 3.63. The molecule has 0 bridgehead atoms. The maximum Gasteiger partial charge on any atom is 0.0407 e. The summed E-state index contributed by atoms with van der Waals surface area (Å²) in [6.07, 6.45) is 4.03. The molecule has 1 fully saturated rings. The summed E-state index contributed by atoms with van der Waals surface area (Å²) in [4.78, 5) is 2.60. The van der Waals surface area contributed by atoms with E-state index in [2.05, 4.69) is 17.1 Å². The van der Waals surface area contributed by atoms with Crippen LogP contribution in [0.5, 0.6) is 0 Å². The summed E-state index contributed by atoms with van der Waals surface area (Å²) >= 11 is 5.85. The second-order valence-corrected chi connectivity index (χ2v) is 5.14. The first kappa shape index (κ1) is 12.7. The van der Waals surface area contributed by atoms with Crippen LogP contribution in [0.1, 0.15) is 26.2 Å². The second-order valence-electron chi connectivity index (χ2n) is 4.70. The summed E-state index contributed by atoms with van der Waals surface area (Å²) < 4.78 is 0. The summed E-state index contributed by atoms with van der Waals surface area (Å²) in [7, 11) is 0. The van der Waals surface area contributed by atoms with Crippen LogP contribution in [0.25, 0.3) is 0 Å². The first-order valence-corrected chi connectivity index (χ1v) is 6.91. The molecule has 1 aromatic carbocycles. The molecular weight excluding hydrogens is 232 g/mol. The molecule has 2 rings (SSSR count). The Morgan fingerprint density at radius 3 is 2.53 bits per heavy atom. The van der Waals surface area contributed by atoms with Gasteiger partial charge in [0.25, 0.3) is 0 Å². The Balaban J connectivity index is 1.72. The third kappa shape index (κ3) is 4.21. The van der Waals surface area contributed by atoms with Crippen molar-refractivity contribution in [3.63, 3.8) is 0 Å². The number of halogens is 1. The first-order valence-electron chi connectivity index (χ1n) is 6.53.